The molecule has 1 heterocycles. The topological polar surface area (TPSA) is 43.1 Å². The third kappa shape index (κ3) is 3.26. The number of nitrogens with zero attached hydrogens (tertiary/aromatic N) is 1. The van der Waals surface area contributed by atoms with Crippen LogP contribution in [0.15, 0.2) is 34.9 Å². The molecule has 3 nitrogen and oxygen atoms in total. The normalized spacial score (nSPS) is 9.56. The van der Waals surface area contributed by atoms with Gasteiger partial charge in [-0.3, -0.25) is 4.79 Å². The molecule has 4 heteroatoms. The molecule has 0 aliphatic carbocycles. The highest BCUT2D eigenvalue weighted by molar-refractivity contribution is 5.93. The molecule has 0 unspecified atom stereocenters. The smallest absolute Gasteiger partial charge is 0.203 e. The van der Waals surface area contributed by atoms with Crippen LogP contribution >= 0.6 is 0 Å². The van der Waals surface area contributed by atoms with E-state index in [2.05, 4.69) is 5.16 Å². The van der Waals surface area contributed by atoms with Crippen LogP contribution in [0.1, 0.15) is 37.7 Å². The summed E-state index contributed by atoms with van der Waals surface area (Å²) in [6, 6.07) is 7.43. The Balaban J connectivity index is 0.000000771. The molecule has 0 saturated carbocycles. The minimum absolute atomic E-state index is 0.0964. The number of halogens is 1. The van der Waals surface area contributed by atoms with E-state index in [1.807, 2.05) is 13.8 Å². The van der Waals surface area contributed by atoms with Crippen molar-refractivity contribution in [3.05, 3.63) is 41.9 Å². The zero-order valence-corrected chi connectivity index (χ0v) is 10.7. The maximum absolute atomic E-state index is 12.7. The van der Waals surface area contributed by atoms with E-state index in [0.717, 1.165) is 5.56 Å². The monoisotopic (exact) mass is 249 g/mol. The highest BCUT2D eigenvalue weighted by Crippen LogP contribution is 2.19. The standard InChI is InChI=1S/C12H10FNO2.C2H6/c1-2-11(15)12-7-10(14-16-12)8-3-5-9(13)6-4-8;1-2/h3-7H,2H2,1H3;1-2H3. The number of benzene rings is 1. The molecule has 18 heavy (non-hydrogen) atoms. The van der Waals surface area contributed by atoms with Crippen molar-refractivity contribution in [3.63, 3.8) is 0 Å². The minimum Gasteiger partial charge on any atom is -0.352 e. The van der Waals surface area contributed by atoms with Gasteiger partial charge in [0.25, 0.3) is 0 Å². The van der Waals surface area contributed by atoms with Gasteiger partial charge in [0.15, 0.2) is 0 Å². The summed E-state index contributed by atoms with van der Waals surface area (Å²) in [5.74, 6) is -0.167. The first-order valence-electron chi connectivity index (χ1n) is 5.96. The van der Waals surface area contributed by atoms with Gasteiger partial charge < -0.3 is 4.52 Å². The molecule has 0 spiro atoms. The van der Waals surface area contributed by atoms with Crippen molar-refractivity contribution in [2.75, 3.05) is 0 Å². The highest BCUT2D eigenvalue weighted by Gasteiger charge is 2.11. The largest absolute Gasteiger partial charge is 0.352 e. The van der Waals surface area contributed by atoms with Crippen molar-refractivity contribution in [3.8, 4) is 11.3 Å². The summed E-state index contributed by atoms with van der Waals surface area (Å²) in [4.78, 5) is 11.3. The highest BCUT2D eigenvalue weighted by atomic mass is 19.1. The third-order valence-electron chi connectivity index (χ3n) is 2.25. The first-order valence-corrected chi connectivity index (χ1v) is 5.96. The average Bonchev–Trinajstić information content (AvgIpc) is 2.90. The van der Waals surface area contributed by atoms with Crippen LogP contribution in [-0.2, 0) is 0 Å². The van der Waals surface area contributed by atoms with Crippen LogP contribution < -0.4 is 0 Å². The summed E-state index contributed by atoms with van der Waals surface area (Å²) in [6.07, 6.45) is 0.373. The number of carbonyl (C=O) groups excluding carboxylic acids is 1. The molecule has 0 fully saturated rings. The van der Waals surface area contributed by atoms with Gasteiger partial charge in [0.1, 0.15) is 11.5 Å². The van der Waals surface area contributed by atoms with Gasteiger partial charge in [-0.05, 0) is 24.3 Å². The number of carbonyl (C=O) groups is 1. The Bertz CT molecular complexity index is 503. The number of hydrogen-bond acceptors (Lipinski definition) is 3. The lowest BCUT2D eigenvalue weighted by Gasteiger charge is -1.93. The summed E-state index contributed by atoms with van der Waals surface area (Å²) in [5.41, 5.74) is 1.26. The lowest BCUT2D eigenvalue weighted by molar-refractivity contribution is 0.0952. The van der Waals surface area contributed by atoms with Crippen LogP contribution in [0.2, 0.25) is 0 Å². The SMILES string of the molecule is CC.CCC(=O)c1cc(-c2ccc(F)cc2)no1. The van der Waals surface area contributed by atoms with Crippen LogP contribution in [0.4, 0.5) is 4.39 Å². The maximum Gasteiger partial charge on any atom is 0.203 e. The molecule has 0 amide bonds. The van der Waals surface area contributed by atoms with Crippen molar-refractivity contribution >= 4 is 5.78 Å². The molecule has 0 atom stereocenters. The predicted molar refractivity (Wildman–Crippen MR) is 67.9 cm³/mol. The molecular weight excluding hydrogens is 233 g/mol. The average molecular weight is 249 g/mol. The first-order chi connectivity index (χ1) is 8.70. The van der Waals surface area contributed by atoms with Gasteiger partial charge in [-0.15, -0.1) is 0 Å². The minimum atomic E-state index is -0.308. The molecule has 2 rings (SSSR count). The van der Waals surface area contributed by atoms with E-state index in [-0.39, 0.29) is 17.4 Å². The van der Waals surface area contributed by atoms with Crippen molar-refractivity contribution < 1.29 is 13.7 Å². The summed E-state index contributed by atoms with van der Waals surface area (Å²) < 4.78 is 17.6. The Hall–Kier alpha value is -1.97. The lowest BCUT2D eigenvalue weighted by atomic mass is 10.1. The Labute approximate surface area is 106 Å². The fraction of sp³-hybridized carbons (Fsp3) is 0.286. The van der Waals surface area contributed by atoms with Gasteiger partial charge >= 0.3 is 0 Å². The van der Waals surface area contributed by atoms with Gasteiger partial charge in [-0.2, -0.15) is 0 Å². The second-order valence-electron chi connectivity index (χ2n) is 3.36. The van der Waals surface area contributed by atoms with E-state index in [0.29, 0.717) is 12.1 Å². The van der Waals surface area contributed by atoms with Crippen molar-refractivity contribution in [2.24, 2.45) is 0 Å². The number of rotatable bonds is 3. The molecular formula is C14H16FNO2. The Morgan fingerprint density at radius 3 is 2.44 bits per heavy atom. The quantitative estimate of drug-likeness (QED) is 0.769. The molecule has 0 saturated heterocycles. The molecule has 0 aliphatic rings. The first kappa shape index (κ1) is 14.1. The maximum atomic E-state index is 12.7. The van der Waals surface area contributed by atoms with E-state index >= 15 is 0 Å². The van der Waals surface area contributed by atoms with Gasteiger partial charge in [0.2, 0.25) is 11.5 Å². The second-order valence-corrected chi connectivity index (χ2v) is 3.36. The van der Waals surface area contributed by atoms with Crippen LogP contribution in [-0.4, -0.2) is 10.9 Å². The zero-order chi connectivity index (χ0) is 13.5. The Kier molecular flexibility index (Phi) is 5.24. The van der Waals surface area contributed by atoms with Gasteiger partial charge in [-0.1, -0.05) is 25.9 Å². The lowest BCUT2D eigenvalue weighted by Crippen LogP contribution is -1.92. The molecule has 96 valence electrons. The number of hydrogen-bond donors (Lipinski definition) is 0. The zero-order valence-electron chi connectivity index (χ0n) is 10.7. The van der Waals surface area contributed by atoms with Crippen LogP contribution in [0.25, 0.3) is 11.3 Å². The molecule has 1 aromatic heterocycles. The number of Topliss-reactive ketones (excluding diaryl/α,β-unsaturated/α-hetero) is 1. The van der Waals surface area contributed by atoms with Crippen molar-refractivity contribution in [2.45, 2.75) is 27.2 Å². The Morgan fingerprint density at radius 1 is 1.28 bits per heavy atom. The van der Waals surface area contributed by atoms with E-state index in [1.54, 1.807) is 25.1 Å². The van der Waals surface area contributed by atoms with Crippen LogP contribution in [0.3, 0.4) is 0 Å². The summed E-state index contributed by atoms with van der Waals surface area (Å²) in [5, 5.41) is 3.77. The molecule has 2 aromatic rings. The number of aromatic nitrogens is 1. The van der Waals surface area contributed by atoms with E-state index in [1.165, 1.54) is 12.1 Å². The van der Waals surface area contributed by atoms with Gasteiger partial charge in [0.05, 0.1) is 0 Å². The molecule has 0 N–H and O–H groups in total. The molecule has 0 aliphatic heterocycles. The molecule has 0 radical (unpaired) electrons. The van der Waals surface area contributed by atoms with E-state index < -0.39 is 0 Å². The number of ketones is 1. The van der Waals surface area contributed by atoms with Crippen LogP contribution in [0.5, 0.6) is 0 Å². The third-order valence-corrected chi connectivity index (χ3v) is 2.25. The molecule has 0 bridgehead atoms. The summed E-state index contributed by atoms with van der Waals surface area (Å²) >= 11 is 0. The van der Waals surface area contributed by atoms with E-state index in [9.17, 15) is 9.18 Å². The van der Waals surface area contributed by atoms with Crippen LogP contribution in [0, 0.1) is 5.82 Å². The summed E-state index contributed by atoms with van der Waals surface area (Å²) in [6.45, 7) is 5.75. The fourth-order valence-electron chi connectivity index (χ4n) is 1.34. The Morgan fingerprint density at radius 2 is 1.89 bits per heavy atom. The van der Waals surface area contributed by atoms with Crippen molar-refractivity contribution in [1.82, 2.24) is 5.16 Å². The second kappa shape index (κ2) is 6.69. The molecule has 1 aromatic carbocycles. The fourth-order valence-corrected chi connectivity index (χ4v) is 1.34. The summed E-state index contributed by atoms with van der Waals surface area (Å²) in [7, 11) is 0. The van der Waals surface area contributed by atoms with Gasteiger partial charge in [-0.25, -0.2) is 4.39 Å². The van der Waals surface area contributed by atoms with E-state index in [4.69, 9.17) is 4.52 Å². The van der Waals surface area contributed by atoms with Crippen molar-refractivity contribution in [1.29, 1.82) is 0 Å². The predicted octanol–water partition coefficient (Wildman–Crippen LogP) is 4.10. The van der Waals surface area contributed by atoms with Gasteiger partial charge in [0, 0.05) is 18.1 Å².